The minimum atomic E-state index is 0.368. The Morgan fingerprint density at radius 3 is 2.24 bits per heavy atom. The smallest absolute Gasteiger partial charge is 0.0582 e. The van der Waals surface area contributed by atoms with Crippen molar-refractivity contribution >= 4 is 11.8 Å². The van der Waals surface area contributed by atoms with E-state index in [1.54, 1.807) is 0 Å². The van der Waals surface area contributed by atoms with E-state index in [0.717, 1.165) is 18.2 Å². The van der Waals surface area contributed by atoms with Gasteiger partial charge in [-0.1, -0.05) is 48.5 Å². The summed E-state index contributed by atoms with van der Waals surface area (Å²) in [5, 5.41) is 4.65. The molecule has 2 aliphatic rings. The Labute approximate surface area is 131 Å². The van der Waals surface area contributed by atoms with Gasteiger partial charge in [0.2, 0.25) is 0 Å². The van der Waals surface area contributed by atoms with Gasteiger partial charge < -0.3 is 5.32 Å². The highest BCUT2D eigenvalue weighted by Crippen LogP contribution is 2.35. The lowest BCUT2D eigenvalue weighted by Gasteiger charge is -2.30. The summed E-state index contributed by atoms with van der Waals surface area (Å²) in [6.45, 7) is 1.12. The predicted octanol–water partition coefficient (Wildman–Crippen LogP) is 4.17. The van der Waals surface area contributed by atoms with Crippen LogP contribution in [-0.2, 0) is 6.42 Å². The molecule has 4 rings (SSSR count). The lowest BCUT2D eigenvalue weighted by Crippen LogP contribution is -2.31. The van der Waals surface area contributed by atoms with E-state index in [1.807, 2.05) is 0 Å². The third-order valence-electron chi connectivity index (χ3n) is 4.69. The summed E-state index contributed by atoms with van der Waals surface area (Å²) in [6, 6.07) is 18.2. The molecular weight excluding hydrogens is 274 g/mol. The summed E-state index contributed by atoms with van der Waals surface area (Å²) >= 11 is 2.13. The van der Waals surface area contributed by atoms with Crippen LogP contribution in [0.1, 0.15) is 41.1 Å². The Morgan fingerprint density at radius 2 is 1.62 bits per heavy atom. The van der Waals surface area contributed by atoms with Crippen molar-refractivity contribution in [3.8, 4) is 0 Å². The highest BCUT2D eigenvalue weighted by Gasteiger charge is 2.25. The summed E-state index contributed by atoms with van der Waals surface area (Å²) < 4.78 is 0. The molecule has 2 aromatic rings. The van der Waals surface area contributed by atoms with E-state index in [1.165, 1.54) is 40.8 Å². The molecule has 108 valence electrons. The van der Waals surface area contributed by atoms with Crippen LogP contribution in [0.15, 0.2) is 48.5 Å². The Balaban J connectivity index is 1.64. The van der Waals surface area contributed by atoms with Gasteiger partial charge in [-0.05, 0) is 47.3 Å². The maximum atomic E-state index is 3.86. The van der Waals surface area contributed by atoms with Crippen LogP contribution >= 0.6 is 11.8 Å². The fourth-order valence-electron chi connectivity index (χ4n) is 3.60. The highest BCUT2D eigenvalue weighted by molar-refractivity contribution is 8.00. The van der Waals surface area contributed by atoms with Crippen LogP contribution in [0.2, 0.25) is 0 Å². The fraction of sp³-hybridized carbons (Fsp3) is 0.368. The maximum Gasteiger partial charge on any atom is 0.0582 e. The second kappa shape index (κ2) is 5.86. The lowest BCUT2D eigenvalue weighted by atomic mass is 9.82. The van der Waals surface area contributed by atoms with E-state index in [2.05, 4.69) is 65.6 Å². The summed E-state index contributed by atoms with van der Waals surface area (Å²) in [7, 11) is 0. The Hall–Kier alpha value is -1.25. The summed E-state index contributed by atoms with van der Waals surface area (Å²) in [5.74, 6) is 1.34. The van der Waals surface area contributed by atoms with Crippen molar-refractivity contribution in [3.05, 3.63) is 70.8 Å². The molecule has 1 aliphatic heterocycles. The molecular formula is C19H21NS. The van der Waals surface area contributed by atoms with E-state index in [-0.39, 0.29) is 0 Å². The zero-order chi connectivity index (χ0) is 14.1. The van der Waals surface area contributed by atoms with Crippen LogP contribution in [0, 0.1) is 0 Å². The van der Waals surface area contributed by atoms with Crippen molar-refractivity contribution in [2.75, 3.05) is 12.3 Å². The lowest BCUT2D eigenvalue weighted by molar-refractivity contribution is 0.571. The molecule has 2 heteroatoms. The van der Waals surface area contributed by atoms with Gasteiger partial charge in [0.05, 0.1) is 6.04 Å². The molecule has 0 amide bonds. The van der Waals surface area contributed by atoms with Crippen molar-refractivity contribution in [2.24, 2.45) is 0 Å². The second-order valence-corrected chi connectivity index (χ2v) is 7.46. The quantitative estimate of drug-likeness (QED) is 0.912. The van der Waals surface area contributed by atoms with Crippen molar-refractivity contribution in [2.45, 2.75) is 30.6 Å². The van der Waals surface area contributed by atoms with Gasteiger partial charge in [0.15, 0.2) is 0 Å². The van der Waals surface area contributed by atoms with Gasteiger partial charge in [-0.3, -0.25) is 0 Å². The first-order valence-corrected chi connectivity index (χ1v) is 8.97. The molecule has 1 saturated heterocycles. The van der Waals surface area contributed by atoms with E-state index in [9.17, 15) is 0 Å². The number of nitrogens with one attached hydrogen (secondary N) is 1. The third-order valence-corrected chi connectivity index (χ3v) is 6.08. The van der Waals surface area contributed by atoms with Gasteiger partial charge in [0.1, 0.15) is 0 Å². The van der Waals surface area contributed by atoms with Crippen LogP contribution in [0.3, 0.4) is 0 Å². The number of hydrogen-bond donors (Lipinski definition) is 1. The van der Waals surface area contributed by atoms with Crippen LogP contribution < -0.4 is 5.32 Å². The van der Waals surface area contributed by atoms with Gasteiger partial charge in [0, 0.05) is 11.8 Å². The monoisotopic (exact) mass is 295 g/mol. The minimum absolute atomic E-state index is 0.368. The number of benzene rings is 2. The highest BCUT2D eigenvalue weighted by atomic mass is 32.2. The number of hydrogen-bond acceptors (Lipinski definition) is 2. The van der Waals surface area contributed by atoms with E-state index in [4.69, 9.17) is 0 Å². The van der Waals surface area contributed by atoms with Crippen molar-refractivity contribution in [1.82, 2.24) is 5.32 Å². The van der Waals surface area contributed by atoms with E-state index < -0.39 is 0 Å². The predicted molar refractivity (Wildman–Crippen MR) is 91.0 cm³/mol. The van der Waals surface area contributed by atoms with Crippen molar-refractivity contribution in [1.29, 1.82) is 0 Å². The molecule has 0 spiro atoms. The largest absolute Gasteiger partial charge is 0.305 e. The fourth-order valence-corrected chi connectivity index (χ4v) is 4.81. The molecule has 1 nitrogen and oxygen atoms in total. The number of thioether (sulfide) groups is 1. The standard InChI is InChI=1S/C19H21NS/c1-3-9-17-14(6-1)12-15-7-2-4-10-18(15)19(17)20-13-16-8-5-11-21-16/h1-4,6-7,9-10,16,19-20H,5,8,11-13H2. The first-order valence-electron chi connectivity index (χ1n) is 7.92. The molecule has 1 fully saturated rings. The Kier molecular flexibility index (Phi) is 3.74. The van der Waals surface area contributed by atoms with Gasteiger partial charge in [-0.15, -0.1) is 0 Å². The van der Waals surface area contributed by atoms with Crippen LogP contribution in [0.5, 0.6) is 0 Å². The number of fused-ring (bicyclic) bond motifs is 2. The molecule has 21 heavy (non-hydrogen) atoms. The number of rotatable bonds is 3. The van der Waals surface area contributed by atoms with E-state index >= 15 is 0 Å². The molecule has 1 atom stereocenters. The molecule has 0 bridgehead atoms. The minimum Gasteiger partial charge on any atom is -0.305 e. The first-order chi connectivity index (χ1) is 10.4. The zero-order valence-corrected chi connectivity index (χ0v) is 13.0. The molecule has 0 radical (unpaired) electrons. The maximum absolute atomic E-state index is 3.86. The molecule has 0 aromatic heterocycles. The van der Waals surface area contributed by atoms with Gasteiger partial charge in [-0.25, -0.2) is 0 Å². The first kappa shape index (κ1) is 13.4. The topological polar surface area (TPSA) is 12.0 Å². The summed E-state index contributed by atoms with van der Waals surface area (Å²) in [6.07, 6.45) is 3.82. The van der Waals surface area contributed by atoms with Gasteiger partial charge in [0.25, 0.3) is 0 Å². The molecule has 2 aromatic carbocycles. The molecule has 1 N–H and O–H groups in total. The molecule has 0 saturated carbocycles. The molecule has 1 unspecified atom stereocenters. The van der Waals surface area contributed by atoms with Crippen LogP contribution in [0.4, 0.5) is 0 Å². The average Bonchev–Trinajstić information content (AvgIpc) is 3.05. The Bertz CT molecular complexity index is 585. The van der Waals surface area contributed by atoms with E-state index in [0.29, 0.717) is 6.04 Å². The average molecular weight is 295 g/mol. The molecule has 1 heterocycles. The van der Waals surface area contributed by atoms with Gasteiger partial charge in [-0.2, -0.15) is 11.8 Å². The van der Waals surface area contributed by atoms with Crippen LogP contribution in [0.25, 0.3) is 0 Å². The normalized spacial score (nSPS) is 21.0. The zero-order valence-electron chi connectivity index (χ0n) is 12.2. The SMILES string of the molecule is c1ccc2c(c1)Cc1ccccc1C2NCC1CCCS1. The molecule has 1 aliphatic carbocycles. The second-order valence-electron chi connectivity index (χ2n) is 6.05. The Morgan fingerprint density at radius 1 is 0.952 bits per heavy atom. The van der Waals surface area contributed by atoms with Crippen molar-refractivity contribution < 1.29 is 0 Å². The third kappa shape index (κ3) is 2.63. The van der Waals surface area contributed by atoms with Gasteiger partial charge >= 0.3 is 0 Å². The summed E-state index contributed by atoms with van der Waals surface area (Å²) in [5.41, 5.74) is 5.90. The summed E-state index contributed by atoms with van der Waals surface area (Å²) in [4.78, 5) is 0. The van der Waals surface area contributed by atoms with Crippen molar-refractivity contribution in [3.63, 3.8) is 0 Å². The van der Waals surface area contributed by atoms with Crippen LogP contribution in [-0.4, -0.2) is 17.5 Å².